The first-order chi connectivity index (χ1) is 5.43. The maximum absolute atomic E-state index is 10.7. The highest BCUT2D eigenvalue weighted by Gasteiger charge is 2.14. The molecule has 0 spiro atoms. The Bertz CT molecular complexity index is 401. The van der Waals surface area contributed by atoms with Crippen molar-refractivity contribution in [2.45, 2.75) is 4.90 Å². The van der Waals surface area contributed by atoms with E-state index in [9.17, 15) is 8.42 Å². The van der Waals surface area contributed by atoms with Crippen LogP contribution in [0.1, 0.15) is 0 Å². The Labute approximate surface area is 83.7 Å². The van der Waals surface area contributed by atoms with Gasteiger partial charge in [-0.15, -0.1) is 0 Å². The average molecular weight is 299 g/mol. The van der Waals surface area contributed by atoms with Crippen LogP contribution >= 0.6 is 22.6 Å². The molecule has 0 bridgehead atoms. The second kappa shape index (κ2) is 3.19. The van der Waals surface area contributed by atoms with Crippen LogP contribution in [0.2, 0.25) is 0 Å². The summed E-state index contributed by atoms with van der Waals surface area (Å²) in [5, 5.41) is 0. The standard InChI is InChI=1S/C6H6INO3S/c7-4-2-1-3-5(6(4)8)12(9,10)11/h1-3H,8H2,(H,9,10,11). The highest BCUT2D eigenvalue weighted by molar-refractivity contribution is 14.1. The molecule has 0 amide bonds. The summed E-state index contributed by atoms with van der Waals surface area (Å²) in [4.78, 5) is -0.241. The van der Waals surface area contributed by atoms with Gasteiger partial charge in [0, 0.05) is 3.57 Å². The SMILES string of the molecule is Nc1c(I)cccc1S(=O)(=O)O. The Morgan fingerprint density at radius 2 is 2.00 bits per heavy atom. The molecule has 0 radical (unpaired) electrons. The predicted octanol–water partition coefficient (Wildman–Crippen LogP) is 1.12. The minimum absolute atomic E-state index is 0.0839. The lowest BCUT2D eigenvalue weighted by atomic mass is 10.3. The Morgan fingerprint density at radius 3 is 2.42 bits per heavy atom. The molecular formula is C6H6INO3S. The molecule has 0 atom stereocenters. The molecule has 0 heterocycles. The normalized spacial score (nSPS) is 11.5. The van der Waals surface area contributed by atoms with Crippen LogP contribution in [-0.4, -0.2) is 13.0 Å². The van der Waals surface area contributed by atoms with Gasteiger partial charge in [-0.3, -0.25) is 4.55 Å². The molecule has 12 heavy (non-hydrogen) atoms. The van der Waals surface area contributed by atoms with E-state index in [1.54, 1.807) is 6.07 Å². The second-order valence-electron chi connectivity index (χ2n) is 2.13. The first-order valence-corrected chi connectivity index (χ1v) is 5.46. The molecule has 0 aliphatic heterocycles. The third-order valence-corrected chi connectivity index (χ3v) is 3.14. The Balaban J connectivity index is 3.47. The first kappa shape index (κ1) is 9.75. The predicted molar refractivity (Wildman–Crippen MR) is 53.4 cm³/mol. The van der Waals surface area contributed by atoms with E-state index in [4.69, 9.17) is 10.3 Å². The Kier molecular flexibility index (Phi) is 2.59. The van der Waals surface area contributed by atoms with Crippen molar-refractivity contribution in [3.05, 3.63) is 21.8 Å². The van der Waals surface area contributed by atoms with E-state index in [1.807, 2.05) is 22.6 Å². The smallest absolute Gasteiger partial charge is 0.296 e. The molecule has 0 aliphatic carbocycles. The molecule has 3 N–H and O–H groups in total. The molecule has 6 heteroatoms. The van der Waals surface area contributed by atoms with Crippen LogP contribution in [-0.2, 0) is 10.1 Å². The third-order valence-electron chi connectivity index (χ3n) is 1.29. The zero-order valence-electron chi connectivity index (χ0n) is 5.86. The van der Waals surface area contributed by atoms with Gasteiger partial charge in [0.2, 0.25) is 0 Å². The quantitative estimate of drug-likeness (QED) is 0.462. The van der Waals surface area contributed by atoms with E-state index in [0.29, 0.717) is 3.57 Å². The van der Waals surface area contributed by atoms with Gasteiger partial charge >= 0.3 is 0 Å². The van der Waals surface area contributed by atoms with E-state index >= 15 is 0 Å². The fourth-order valence-electron chi connectivity index (χ4n) is 0.742. The maximum Gasteiger partial charge on any atom is 0.296 e. The van der Waals surface area contributed by atoms with Gasteiger partial charge in [0.15, 0.2) is 0 Å². The molecular weight excluding hydrogens is 293 g/mol. The minimum atomic E-state index is -4.19. The monoisotopic (exact) mass is 299 g/mol. The van der Waals surface area contributed by atoms with Crippen molar-refractivity contribution in [3.8, 4) is 0 Å². The second-order valence-corrected chi connectivity index (χ2v) is 4.68. The minimum Gasteiger partial charge on any atom is -0.397 e. The number of hydrogen-bond donors (Lipinski definition) is 2. The number of nitrogen functional groups attached to an aromatic ring is 1. The van der Waals surface area contributed by atoms with Gasteiger partial charge < -0.3 is 5.73 Å². The van der Waals surface area contributed by atoms with Gasteiger partial charge in [-0.1, -0.05) is 6.07 Å². The van der Waals surface area contributed by atoms with Crippen LogP contribution < -0.4 is 5.73 Å². The summed E-state index contributed by atoms with van der Waals surface area (Å²) in [6, 6.07) is 4.43. The molecule has 0 aromatic heterocycles. The number of nitrogens with two attached hydrogens (primary N) is 1. The van der Waals surface area contributed by atoms with Crippen LogP contribution in [0.4, 0.5) is 5.69 Å². The molecule has 0 aliphatic rings. The lowest BCUT2D eigenvalue weighted by Crippen LogP contribution is -2.04. The van der Waals surface area contributed by atoms with Gasteiger partial charge in [-0.2, -0.15) is 8.42 Å². The summed E-state index contributed by atoms with van der Waals surface area (Å²) in [5.41, 5.74) is 5.51. The fraction of sp³-hybridized carbons (Fsp3) is 0. The van der Waals surface area contributed by atoms with Crippen LogP contribution in [0.15, 0.2) is 23.1 Å². The summed E-state index contributed by atoms with van der Waals surface area (Å²) in [6.07, 6.45) is 0. The number of para-hydroxylation sites is 1. The van der Waals surface area contributed by atoms with E-state index in [1.165, 1.54) is 12.1 Å². The summed E-state index contributed by atoms with van der Waals surface area (Å²) < 4.78 is 30.6. The number of benzene rings is 1. The number of halogens is 1. The van der Waals surface area contributed by atoms with Gasteiger partial charge in [0.25, 0.3) is 10.1 Å². The van der Waals surface area contributed by atoms with Gasteiger partial charge in [0.1, 0.15) is 4.90 Å². The van der Waals surface area contributed by atoms with Crippen molar-refractivity contribution in [2.24, 2.45) is 0 Å². The van der Waals surface area contributed by atoms with Gasteiger partial charge in [-0.25, -0.2) is 0 Å². The lowest BCUT2D eigenvalue weighted by molar-refractivity contribution is 0.483. The van der Waals surface area contributed by atoms with Crippen LogP contribution in [0.25, 0.3) is 0 Å². The molecule has 1 rings (SSSR count). The summed E-state index contributed by atoms with van der Waals surface area (Å²) in [7, 11) is -4.19. The summed E-state index contributed by atoms with van der Waals surface area (Å²) >= 11 is 1.89. The largest absolute Gasteiger partial charge is 0.397 e. The third kappa shape index (κ3) is 1.87. The molecule has 0 fully saturated rings. The maximum atomic E-state index is 10.7. The number of hydrogen-bond acceptors (Lipinski definition) is 3. The topological polar surface area (TPSA) is 80.4 Å². The van der Waals surface area contributed by atoms with Crippen molar-refractivity contribution < 1.29 is 13.0 Å². The molecule has 66 valence electrons. The van der Waals surface area contributed by atoms with E-state index in [-0.39, 0.29) is 10.6 Å². The molecule has 0 saturated heterocycles. The Morgan fingerprint density at radius 1 is 1.42 bits per heavy atom. The molecule has 0 unspecified atom stereocenters. The van der Waals surface area contributed by atoms with Gasteiger partial charge in [0.05, 0.1) is 5.69 Å². The van der Waals surface area contributed by atoms with Crippen molar-refractivity contribution in [3.63, 3.8) is 0 Å². The lowest BCUT2D eigenvalue weighted by Gasteiger charge is -2.02. The summed E-state index contributed by atoms with van der Waals surface area (Å²) in [5.74, 6) is 0. The fourth-order valence-corrected chi connectivity index (χ4v) is 2.06. The highest BCUT2D eigenvalue weighted by atomic mass is 127. The van der Waals surface area contributed by atoms with Crippen molar-refractivity contribution in [2.75, 3.05) is 5.73 Å². The zero-order chi connectivity index (χ0) is 9.35. The summed E-state index contributed by atoms with van der Waals surface area (Å²) in [6.45, 7) is 0. The van der Waals surface area contributed by atoms with Gasteiger partial charge in [-0.05, 0) is 34.7 Å². The van der Waals surface area contributed by atoms with Crippen molar-refractivity contribution in [1.82, 2.24) is 0 Å². The first-order valence-electron chi connectivity index (χ1n) is 2.94. The molecule has 4 nitrogen and oxygen atoms in total. The van der Waals surface area contributed by atoms with E-state index < -0.39 is 10.1 Å². The van der Waals surface area contributed by atoms with Crippen LogP contribution in [0, 0.1) is 3.57 Å². The molecule has 0 saturated carbocycles. The van der Waals surface area contributed by atoms with Crippen LogP contribution in [0.5, 0.6) is 0 Å². The zero-order valence-corrected chi connectivity index (χ0v) is 8.83. The Hall–Kier alpha value is -0.340. The molecule has 1 aromatic rings. The number of rotatable bonds is 1. The van der Waals surface area contributed by atoms with Crippen molar-refractivity contribution >= 4 is 38.4 Å². The molecule has 1 aromatic carbocycles. The van der Waals surface area contributed by atoms with Crippen molar-refractivity contribution in [1.29, 1.82) is 0 Å². The highest BCUT2D eigenvalue weighted by Crippen LogP contribution is 2.22. The van der Waals surface area contributed by atoms with E-state index in [0.717, 1.165) is 0 Å². The van der Waals surface area contributed by atoms with Crippen LogP contribution in [0.3, 0.4) is 0 Å². The average Bonchev–Trinajstić information content (AvgIpc) is 1.92. The number of anilines is 1. The van der Waals surface area contributed by atoms with E-state index in [2.05, 4.69) is 0 Å².